The number of methoxy groups -OCH3 is 1. The molecule has 3 aromatic heterocycles. The third kappa shape index (κ3) is 10.5. The zero-order valence-corrected chi connectivity index (χ0v) is 43.2. The summed E-state index contributed by atoms with van der Waals surface area (Å²) in [6, 6.07) is 19.9. The Labute approximate surface area is 421 Å². The maximum Gasteiger partial charge on any atom is 0.308 e. The average molecular weight is 998 g/mol. The molecule has 0 aliphatic carbocycles. The number of likely N-dealkylation sites (N-methyl/N-ethyl adjacent to an activating group) is 1. The summed E-state index contributed by atoms with van der Waals surface area (Å²) >= 11 is 3.20. The number of β-amino-alcohol motifs (C(OH)–C–C–N with tert-alkyl or cyclic N) is 1. The summed E-state index contributed by atoms with van der Waals surface area (Å²) in [6.45, 7) is 14.9. The highest BCUT2D eigenvalue weighted by Gasteiger charge is 2.45. The highest BCUT2D eigenvalue weighted by atomic mass is 32.1. The summed E-state index contributed by atoms with van der Waals surface area (Å²) in [7, 11) is 2.88. The number of aliphatic hydroxyl groups is 1. The second kappa shape index (κ2) is 20.4. The number of thiophene rings is 1. The third-order valence-corrected chi connectivity index (χ3v) is 15.4. The molecule has 1 unspecified atom stereocenters. The second-order valence-corrected chi connectivity index (χ2v) is 21.4. The first-order chi connectivity index (χ1) is 33.7. The maximum absolute atomic E-state index is 14.3. The molecule has 1 fully saturated rings. The SMILES string of the molecule is COC(=O)C[C@@H]1N=C(c2ccc(-c3ccc(C(=O)N(C)CC(=O)NC(C(=O)N4C[C@H](O)C[C@H]4C(=O)N[C@@H](C)c4ccc(-c5scnc5C)cc4)C(C)(C)C)cc3)cc2)c2c(sc(C)c2C)-n2c(C)nnc21. The van der Waals surface area contributed by atoms with Gasteiger partial charge in [-0.25, -0.2) is 4.98 Å². The van der Waals surface area contributed by atoms with Crippen molar-refractivity contribution in [1.29, 1.82) is 0 Å². The van der Waals surface area contributed by atoms with Crippen molar-refractivity contribution >= 4 is 58.0 Å². The fourth-order valence-electron chi connectivity index (χ4n) is 9.12. The van der Waals surface area contributed by atoms with Crippen LogP contribution in [0.3, 0.4) is 0 Å². The van der Waals surface area contributed by atoms with E-state index in [1.54, 1.807) is 34.8 Å². The van der Waals surface area contributed by atoms with E-state index >= 15 is 0 Å². The second-order valence-electron chi connectivity index (χ2n) is 19.4. The molecule has 5 atom stereocenters. The zero-order chi connectivity index (χ0) is 51.1. The number of aromatic nitrogens is 4. The van der Waals surface area contributed by atoms with Gasteiger partial charge in [0, 0.05) is 41.6 Å². The summed E-state index contributed by atoms with van der Waals surface area (Å²) < 4.78 is 7.02. The number of benzene rings is 3. The number of nitrogens with one attached hydrogen (secondary N) is 2. The molecule has 0 saturated carbocycles. The molecule has 16 nitrogen and oxygen atoms in total. The highest BCUT2D eigenvalue weighted by molar-refractivity contribution is 7.15. The van der Waals surface area contributed by atoms with Gasteiger partial charge in [-0.1, -0.05) is 81.4 Å². The van der Waals surface area contributed by atoms with E-state index in [-0.39, 0.29) is 32.0 Å². The highest BCUT2D eigenvalue weighted by Crippen LogP contribution is 2.40. The zero-order valence-electron chi connectivity index (χ0n) is 41.6. The molecule has 71 heavy (non-hydrogen) atoms. The number of nitrogens with zero attached hydrogens (tertiary/aromatic N) is 7. The van der Waals surface area contributed by atoms with Crippen LogP contribution in [-0.4, -0.2) is 115 Å². The fraction of sp³-hybridized carbons (Fsp3) is 0.377. The molecular formula is C53H59N9O7S2. The summed E-state index contributed by atoms with van der Waals surface area (Å²) in [5.41, 5.74) is 9.66. The van der Waals surface area contributed by atoms with E-state index in [9.17, 15) is 29.1 Å². The number of aryl methyl sites for hydroxylation is 3. The normalized spacial score (nSPS) is 17.3. The van der Waals surface area contributed by atoms with Crippen LogP contribution in [0, 0.1) is 33.1 Å². The van der Waals surface area contributed by atoms with Gasteiger partial charge in [-0.3, -0.25) is 33.5 Å². The van der Waals surface area contributed by atoms with Crippen LogP contribution in [-0.2, 0) is 23.9 Å². The van der Waals surface area contributed by atoms with Gasteiger partial charge in [0.2, 0.25) is 17.7 Å². The molecule has 4 amide bonds. The first-order valence-corrected chi connectivity index (χ1v) is 25.2. The Morgan fingerprint density at radius 3 is 2.14 bits per heavy atom. The quantitative estimate of drug-likeness (QED) is 0.0990. The molecular weight excluding hydrogens is 939 g/mol. The molecule has 0 radical (unpaired) electrons. The van der Waals surface area contributed by atoms with Crippen molar-refractivity contribution in [3.05, 3.63) is 128 Å². The van der Waals surface area contributed by atoms with Crippen LogP contribution >= 0.6 is 22.7 Å². The van der Waals surface area contributed by atoms with E-state index < -0.39 is 59.2 Å². The van der Waals surface area contributed by atoms with Gasteiger partial charge in [-0.15, -0.1) is 32.9 Å². The molecule has 0 bridgehead atoms. The maximum atomic E-state index is 14.3. The number of esters is 1. The number of aliphatic imine (C=N–C) groups is 1. The molecule has 18 heteroatoms. The number of carbonyl (C=O) groups is 5. The first-order valence-electron chi connectivity index (χ1n) is 23.5. The van der Waals surface area contributed by atoms with E-state index in [4.69, 9.17) is 9.73 Å². The standard InChI is InChI=1S/C53H59N9O7S2/c1-28-31(4)71-52-44(28)45(56-40(24-43(65)69-10)48-59-58-32(5)62(48)52)36-17-13-34(14-18-36)35-15-21-38(22-16-35)50(67)60(9)26-42(64)57-47(53(6,7)8)51(68)61-25-39(63)23-41(61)49(66)55-29(2)33-11-19-37(20-12-33)46-30(3)54-27-70-46/h11-22,27,29,39-41,47,63H,23-26H2,1-10H3,(H,55,66)(H,57,64)/t29-,39+,40-,41-,47?/m0/s1. The minimum atomic E-state index is -1.06. The van der Waals surface area contributed by atoms with Crippen LogP contribution < -0.4 is 10.6 Å². The largest absolute Gasteiger partial charge is 0.469 e. The van der Waals surface area contributed by atoms with Gasteiger partial charge in [0.15, 0.2) is 5.82 Å². The molecule has 3 aromatic carbocycles. The monoisotopic (exact) mass is 997 g/mol. The van der Waals surface area contributed by atoms with Gasteiger partial charge in [0.05, 0.1) is 54.0 Å². The smallest absolute Gasteiger partial charge is 0.308 e. The van der Waals surface area contributed by atoms with E-state index in [2.05, 4.69) is 39.7 Å². The summed E-state index contributed by atoms with van der Waals surface area (Å²) in [5, 5.41) is 26.3. The number of ether oxygens (including phenoxy) is 1. The third-order valence-electron chi connectivity index (χ3n) is 13.2. The topological polar surface area (TPSA) is 201 Å². The molecule has 8 rings (SSSR count). The molecule has 3 N–H and O–H groups in total. The number of aliphatic hydroxyl groups excluding tert-OH is 1. The molecule has 6 aromatic rings. The Kier molecular flexibility index (Phi) is 14.5. The Hall–Kier alpha value is -6.89. The lowest BCUT2D eigenvalue weighted by Gasteiger charge is -2.36. The van der Waals surface area contributed by atoms with Crippen molar-refractivity contribution in [2.75, 3.05) is 27.2 Å². The van der Waals surface area contributed by atoms with Crippen LogP contribution in [0.1, 0.15) is 107 Å². The molecule has 2 aliphatic rings. The Balaban J connectivity index is 0.911. The molecule has 370 valence electrons. The number of amides is 4. The fourth-order valence-corrected chi connectivity index (χ4v) is 11.1. The number of rotatable bonds is 13. The number of fused-ring (bicyclic) bond motifs is 3. The number of carbonyl (C=O) groups excluding carboxylic acids is 5. The minimum Gasteiger partial charge on any atom is -0.469 e. The predicted molar refractivity (Wildman–Crippen MR) is 274 cm³/mol. The summed E-state index contributed by atoms with van der Waals surface area (Å²) in [6.07, 6.45) is -0.868. The Bertz CT molecular complexity index is 3020. The van der Waals surface area contributed by atoms with Gasteiger partial charge in [-0.05, 0) is 80.0 Å². The lowest BCUT2D eigenvalue weighted by molar-refractivity contribution is -0.144. The van der Waals surface area contributed by atoms with E-state index in [0.29, 0.717) is 17.2 Å². The van der Waals surface area contributed by atoms with Gasteiger partial charge < -0.3 is 30.3 Å². The molecule has 0 spiro atoms. The van der Waals surface area contributed by atoms with Gasteiger partial charge in [0.25, 0.3) is 5.91 Å². The van der Waals surface area contributed by atoms with Gasteiger partial charge in [0.1, 0.15) is 29.0 Å². The number of likely N-dealkylation sites (tertiary alicyclic amines) is 1. The van der Waals surface area contributed by atoms with Crippen molar-refractivity contribution in [3.63, 3.8) is 0 Å². The summed E-state index contributed by atoms with van der Waals surface area (Å²) in [4.78, 5) is 82.3. The van der Waals surface area contributed by atoms with Crippen molar-refractivity contribution in [1.82, 2.24) is 40.2 Å². The number of hydrogen-bond acceptors (Lipinski definition) is 13. The minimum absolute atomic E-state index is 0.00410. The van der Waals surface area contributed by atoms with Crippen LogP contribution in [0.2, 0.25) is 0 Å². The van der Waals surface area contributed by atoms with Gasteiger partial charge >= 0.3 is 5.97 Å². The Morgan fingerprint density at radius 1 is 0.887 bits per heavy atom. The van der Waals surface area contributed by atoms with Crippen LogP contribution in [0.15, 0.2) is 83.3 Å². The van der Waals surface area contributed by atoms with E-state index in [1.165, 1.54) is 24.0 Å². The van der Waals surface area contributed by atoms with Crippen LogP contribution in [0.4, 0.5) is 0 Å². The van der Waals surface area contributed by atoms with Crippen LogP contribution in [0.5, 0.6) is 0 Å². The Morgan fingerprint density at radius 2 is 1.52 bits per heavy atom. The molecule has 2 aliphatic heterocycles. The lowest BCUT2D eigenvalue weighted by atomic mass is 9.85. The number of hydrogen-bond donors (Lipinski definition) is 3. The van der Waals surface area contributed by atoms with E-state index in [1.807, 2.05) is 112 Å². The van der Waals surface area contributed by atoms with Crippen LogP contribution in [0.25, 0.3) is 26.6 Å². The van der Waals surface area contributed by atoms with Crippen molar-refractivity contribution in [3.8, 4) is 26.6 Å². The predicted octanol–water partition coefficient (Wildman–Crippen LogP) is 7.25. The van der Waals surface area contributed by atoms with Crippen molar-refractivity contribution < 1.29 is 33.8 Å². The molecule has 1 saturated heterocycles. The van der Waals surface area contributed by atoms with Crippen molar-refractivity contribution in [2.45, 2.75) is 98.5 Å². The average Bonchev–Trinajstić information content (AvgIpc) is 4.12. The first kappa shape index (κ1) is 50.5. The summed E-state index contributed by atoms with van der Waals surface area (Å²) in [5.74, 6) is -0.967. The van der Waals surface area contributed by atoms with E-state index in [0.717, 1.165) is 65.1 Å². The van der Waals surface area contributed by atoms with Gasteiger partial charge in [-0.2, -0.15) is 0 Å². The lowest BCUT2D eigenvalue weighted by Crippen LogP contribution is -2.58. The molecule has 5 heterocycles. The number of thiazole rings is 1. The van der Waals surface area contributed by atoms with Crippen molar-refractivity contribution in [2.24, 2.45) is 10.4 Å².